The molecule has 0 amide bonds. The summed E-state index contributed by atoms with van der Waals surface area (Å²) in [6.07, 6.45) is 3.28. The van der Waals surface area contributed by atoms with Gasteiger partial charge in [-0.1, -0.05) is 11.6 Å². The van der Waals surface area contributed by atoms with Gasteiger partial charge in [-0.25, -0.2) is 4.58 Å². The van der Waals surface area contributed by atoms with Crippen LogP contribution in [0.1, 0.15) is 40.1 Å². The molecule has 0 saturated carbocycles. The maximum atomic E-state index is 12.4. The molecular formula is C12H13ClNOS+. The maximum Gasteiger partial charge on any atom is 0.253 e. The molecule has 0 bridgehead atoms. The number of rotatable bonds is 0. The van der Waals surface area contributed by atoms with Crippen molar-refractivity contribution >= 4 is 34.4 Å². The second-order valence-electron chi connectivity index (χ2n) is 4.45. The normalized spacial score (nSPS) is 19.8. The molecule has 0 radical (unpaired) electrons. The number of Topliss-reactive ketones (excluding diaryl/α,β-unsaturated/α-hetero) is 1. The largest absolute Gasteiger partial charge is 0.282 e. The number of nitrogens with zero attached hydrogens (tertiary/aromatic N) is 1. The highest BCUT2D eigenvalue weighted by Crippen LogP contribution is 2.36. The van der Waals surface area contributed by atoms with E-state index in [1.807, 2.05) is 6.92 Å². The summed E-state index contributed by atoms with van der Waals surface area (Å²) in [4.78, 5) is 13.5. The minimum Gasteiger partial charge on any atom is -0.282 e. The van der Waals surface area contributed by atoms with Crippen molar-refractivity contribution in [2.24, 2.45) is 0 Å². The summed E-state index contributed by atoms with van der Waals surface area (Å²) < 4.78 is 3.01. The summed E-state index contributed by atoms with van der Waals surface area (Å²) in [6.45, 7) is 3.86. The van der Waals surface area contributed by atoms with Crippen LogP contribution in [0.15, 0.2) is 0 Å². The van der Waals surface area contributed by atoms with Crippen LogP contribution >= 0.6 is 22.9 Å². The van der Waals surface area contributed by atoms with Gasteiger partial charge >= 0.3 is 0 Å². The van der Waals surface area contributed by atoms with Crippen molar-refractivity contribution in [3.8, 4) is 0 Å². The quantitative estimate of drug-likeness (QED) is 0.652. The van der Waals surface area contributed by atoms with Crippen LogP contribution in [0.4, 0.5) is 0 Å². The van der Waals surface area contributed by atoms with Gasteiger partial charge in [0.25, 0.3) is 5.78 Å². The highest BCUT2D eigenvalue weighted by molar-refractivity contribution is 7.16. The minimum absolute atomic E-state index is 0.224. The fourth-order valence-corrected chi connectivity index (χ4v) is 4.00. The van der Waals surface area contributed by atoms with E-state index in [-0.39, 0.29) is 5.78 Å². The van der Waals surface area contributed by atoms with E-state index in [2.05, 4.69) is 4.58 Å². The summed E-state index contributed by atoms with van der Waals surface area (Å²) in [5, 5.41) is 0. The number of carbonyl (C=O) groups excluding carboxylic acids is 1. The Morgan fingerprint density at radius 1 is 1.38 bits per heavy atom. The molecule has 1 aromatic heterocycles. The fraction of sp³-hybridized carbons (Fsp3) is 0.500. The maximum absolute atomic E-state index is 12.4. The van der Waals surface area contributed by atoms with E-state index in [9.17, 15) is 4.79 Å². The second-order valence-corrected chi connectivity index (χ2v) is 6.16. The molecule has 0 N–H and O–H groups in total. The number of ketones is 1. The molecular weight excluding hydrogens is 242 g/mol. The summed E-state index contributed by atoms with van der Waals surface area (Å²) in [5.74, 6) is 0.224. The van der Waals surface area contributed by atoms with Crippen LogP contribution in [0, 0.1) is 6.92 Å². The molecule has 0 atom stereocenters. The molecule has 3 heterocycles. The van der Waals surface area contributed by atoms with E-state index in [1.54, 1.807) is 11.3 Å². The molecule has 4 heteroatoms. The van der Waals surface area contributed by atoms with Gasteiger partial charge in [-0.3, -0.25) is 4.79 Å². The Balaban J connectivity index is 2.14. The van der Waals surface area contributed by atoms with Crippen LogP contribution in [0.25, 0.3) is 0 Å². The molecule has 84 valence electrons. The van der Waals surface area contributed by atoms with Crippen molar-refractivity contribution in [2.75, 3.05) is 6.54 Å². The predicted octanol–water partition coefficient (Wildman–Crippen LogP) is 3.04. The van der Waals surface area contributed by atoms with Gasteiger partial charge in [0.1, 0.15) is 6.54 Å². The molecule has 2 nitrogen and oxygen atoms in total. The molecule has 2 aliphatic rings. The van der Waals surface area contributed by atoms with Crippen LogP contribution < -0.4 is 0 Å². The van der Waals surface area contributed by atoms with E-state index in [0.717, 1.165) is 52.0 Å². The van der Waals surface area contributed by atoms with Gasteiger partial charge in [0.2, 0.25) is 5.71 Å². The fourth-order valence-electron chi connectivity index (χ4n) is 2.59. The second kappa shape index (κ2) is 3.67. The zero-order valence-electron chi connectivity index (χ0n) is 9.18. The number of hydrogen-bond acceptors (Lipinski definition) is 2. The van der Waals surface area contributed by atoms with Gasteiger partial charge < -0.3 is 0 Å². The highest BCUT2D eigenvalue weighted by Gasteiger charge is 2.37. The first-order chi connectivity index (χ1) is 7.68. The van der Waals surface area contributed by atoms with Crippen molar-refractivity contribution in [3.05, 3.63) is 20.3 Å². The zero-order valence-corrected chi connectivity index (χ0v) is 10.7. The first-order valence-corrected chi connectivity index (χ1v) is 6.81. The number of thiophene rings is 1. The van der Waals surface area contributed by atoms with E-state index < -0.39 is 0 Å². The molecule has 3 rings (SSSR count). The summed E-state index contributed by atoms with van der Waals surface area (Å²) in [6, 6.07) is 0. The van der Waals surface area contributed by atoms with Gasteiger partial charge in [0.15, 0.2) is 6.54 Å². The summed E-state index contributed by atoms with van der Waals surface area (Å²) in [7, 11) is 0. The average molecular weight is 255 g/mol. The topological polar surface area (TPSA) is 20.1 Å². The Morgan fingerprint density at radius 2 is 2.19 bits per heavy atom. The van der Waals surface area contributed by atoms with Gasteiger partial charge in [0, 0.05) is 12.8 Å². The summed E-state index contributed by atoms with van der Waals surface area (Å²) in [5.41, 5.74) is 2.88. The standard InChI is InChI=1S/C12H13ClNOS/c1-7-10-9(16-12(7)13)6-14-5-3-2-4-8(14)11(10)15/h2-6H2,1H3/q+1. The van der Waals surface area contributed by atoms with E-state index in [4.69, 9.17) is 11.6 Å². The van der Waals surface area contributed by atoms with E-state index in [0.29, 0.717) is 0 Å². The molecule has 0 unspecified atom stereocenters. The highest BCUT2D eigenvalue weighted by atomic mass is 35.5. The van der Waals surface area contributed by atoms with Gasteiger partial charge in [-0.15, -0.1) is 11.3 Å². The molecule has 16 heavy (non-hydrogen) atoms. The van der Waals surface area contributed by atoms with Crippen molar-refractivity contribution in [2.45, 2.75) is 32.7 Å². The molecule has 0 saturated heterocycles. The first-order valence-electron chi connectivity index (χ1n) is 5.61. The van der Waals surface area contributed by atoms with Gasteiger partial charge in [-0.2, -0.15) is 0 Å². The summed E-state index contributed by atoms with van der Waals surface area (Å²) >= 11 is 7.69. The van der Waals surface area contributed by atoms with Crippen molar-refractivity contribution in [3.63, 3.8) is 0 Å². The van der Waals surface area contributed by atoms with Crippen molar-refractivity contribution < 1.29 is 9.37 Å². The lowest BCUT2D eigenvalue weighted by Crippen LogP contribution is -2.36. The van der Waals surface area contributed by atoms with E-state index >= 15 is 0 Å². The van der Waals surface area contributed by atoms with Crippen LogP contribution in [0.5, 0.6) is 0 Å². The molecule has 1 aromatic rings. The monoisotopic (exact) mass is 254 g/mol. The predicted molar refractivity (Wildman–Crippen MR) is 66.1 cm³/mol. The molecule has 0 fully saturated rings. The third kappa shape index (κ3) is 1.38. The minimum atomic E-state index is 0.224. The smallest absolute Gasteiger partial charge is 0.253 e. The van der Waals surface area contributed by atoms with Gasteiger partial charge in [-0.05, 0) is 18.9 Å². The van der Waals surface area contributed by atoms with Crippen molar-refractivity contribution in [1.82, 2.24) is 0 Å². The molecule has 0 aromatic carbocycles. The SMILES string of the molecule is Cc1c(Cl)sc2c1C(=O)C1=[N+](CCCC1)C2. The number of halogens is 1. The van der Waals surface area contributed by atoms with E-state index in [1.165, 1.54) is 6.42 Å². The number of fused-ring (bicyclic) bond motifs is 1. The Bertz CT molecular complexity index is 515. The first kappa shape index (κ1) is 10.5. The van der Waals surface area contributed by atoms with Gasteiger partial charge in [0.05, 0.1) is 14.8 Å². The lowest BCUT2D eigenvalue weighted by atomic mass is 9.94. The third-order valence-corrected chi connectivity index (χ3v) is 5.04. The Morgan fingerprint density at radius 3 is 3.00 bits per heavy atom. The molecule has 0 aliphatic carbocycles. The molecule has 2 aliphatic heterocycles. The Kier molecular flexibility index (Phi) is 2.41. The average Bonchev–Trinajstić information content (AvgIpc) is 2.55. The number of carbonyl (C=O) groups is 1. The Labute approximate surface area is 104 Å². The third-order valence-electron chi connectivity index (χ3n) is 3.46. The number of hydrogen-bond donors (Lipinski definition) is 0. The lowest BCUT2D eigenvalue weighted by molar-refractivity contribution is -0.548. The Hall–Kier alpha value is -0.670. The molecule has 0 spiro atoms. The van der Waals surface area contributed by atoms with Crippen molar-refractivity contribution in [1.29, 1.82) is 0 Å². The van der Waals surface area contributed by atoms with Crippen LogP contribution in [0.2, 0.25) is 4.34 Å². The lowest BCUT2D eigenvalue weighted by Gasteiger charge is -2.18. The van der Waals surface area contributed by atoms with Crippen LogP contribution in [-0.2, 0) is 6.54 Å². The zero-order chi connectivity index (χ0) is 11.3. The van der Waals surface area contributed by atoms with Crippen LogP contribution in [0.3, 0.4) is 0 Å². The van der Waals surface area contributed by atoms with Crippen LogP contribution in [-0.4, -0.2) is 22.6 Å².